The molecule has 140 valence electrons. The van der Waals surface area contributed by atoms with Gasteiger partial charge >= 0.3 is 0 Å². The quantitative estimate of drug-likeness (QED) is 0.424. The Hall–Kier alpha value is -2.05. The van der Waals surface area contributed by atoms with Crippen molar-refractivity contribution < 1.29 is 0 Å². The summed E-state index contributed by atoms with van der Waals surface area (Å²) in [5.41, 5.74) is 10.7. The van der Waals surface area contributed by atoms with Crippen LogP contribution in [0.1, 0.15) is 58.4 Å². The van der Waals surface area contributed by atoms with Crippen LogP contribution >= 0.6 is 11.6 Å². The van der Waals surface area contributed by atoms with Crippen molar-refractivity contribution in [2.24, 2.45) is 0 Å². The molecule has 0 N–H and O–H groups in total. The summed E-state index contributed by atoms with van der Waals surface area (Å²) in [5.74, 6) is 0. The van der Waals surface area contributed by atoms with Gasteiger partial charge in [-0.25, -0.2) is 0 Å². The number of aryl methyl sites for hydroxylation is 3. The van der Waals surface area contributed by atoms with Gasteiger partial charge in [-0.1, -0.05) is 74.0 Å². The van der Waals surface area contributed by atoms with Gasteiger partial charge < -0.3 is 0 Å². The molecule has 27 heavy (non-hydrogen) atoms. The van der Waals surface area contributed by atoms with Crippen molar-refractivity contribution in [3.05, 3.63) is 104 Å². The molecule has 0 aliphatic heterocycles. The fraction of sp³-hybridized carbons (Fsp3) is 0.308. The summed E-state index contributed by atoms with van der Waals surface area (Å²) >= 11 is 6.48. The molecule has 0 heterocycles. The van der Waals surface area contributed by atoms with Gasteiger partial charge in [-0.15, -0.1) is 0 Å². The minimum absolute atomic E-state index is 0.900. The van der Waals surface area contributed by atoms with Gasteiger partial charge in [0.15, 0.2) is 0 Å². The molecule has 0 aromatic heterocycles. The standard InChI is InChI=1S/C26H29Cl/c1-5-20-7-9-21(10-8-20)15-22-11-12-24(18(3)13-22)16-23-14-19(4)25(6-2)26(27)17-23/h7-14,17H,5-6,15-16H2,1-4H3. The van der Waals surface area contributed by atoms with Gasteiger partial charge in [0.1, 0.15) is 0 Å². The highest BCUT2D eigenvalue weighted by atomic mass is 35.5. The molecule has 0 saturated carbocycles. The third-order valence-electron chi connectivity index (χ3n) is 5.47. The summed E-state index contributed by atoms with van der Waals surface area (Å²) in [5, 5.41) is 0.900. The molecule has 0 aliphatic rings. The Morgan fingerprint density at radius 2 is 1.26 bits per heavy atom. The number of halogens is 1. The summed E-state index contributed by atoms with van der Waals surface area (Å²) in [6.45, 7) is 8.73. The molecule has 0 spiro atoms. The average Bonchev–Trinajstić information content (AvgIpc) is 2.64. The van der Waals surface area contributed by atoms with Crippen LogP contribution in [0.15, 0.2) is 54.6 Å². The molecule has 1 heteroatoms. The van der Waals surface area contributed by atoms with E-state index in [-0.39, 0.29) is 0 Å². The lowest BCUT2D eigenvalue weighted by Crippen LogP contribution is -1.97. The third-order valence-corrected chi connectivity index (χ3v) is 5.81. The second kappa shape index (κ2) is 8.76. The molecule has 0 radical (unpaired) electrons. The zero-order chi connectivity index (χ0) is 19.4. The van der Waals surface area contributed by atoms with Crippen molar-refractivity contribution >= 4 is 11.6 Å². The van der Waals surface area contributed by atoms with Crippen LogP contribution in [0.2, 0.25) is 5.02 Å². The van der Waals surface area contributed by atoms with E-state index >= 15 is 0 Å². The van der Waals surface area contributed by atoms with Gasteiger partial charge in [0.05, 0.1) is 0 Å². The zero-order valence-corrected chi connectivity index (χ0v) is 17.7. The van der Waals surface area contributed by atoms with E-state index in [9.17, 15) is 0 Å². The zero-order valence-electron chi connectivity index (χ0n) is 16.9. The highest BCUT2D eigenvalue weighted by Gasteiger charge is 2.08. The first-order valence-corrected chi connectivity index (χ1v) is 10.3. The van der Waals surface area contributed by atoms with Gasteiger partial charge in [-0.2, -0.15) is 0 Å². The van der Waals surface area contributed by atoms with E-state index in [0.29, 0.717) is 0 Å². The molecule has 0 aliphatic carbocycles. The molecule has 3 aromatic rings. The van der Waals surface area contributed by atoms with E-state index in [0.717, 1.165) is 30.7 Å². The minimum atomic E-state index is 0.900. The molecule has 0 bridgehead atoms. The lowest BCUT2D eigenvalue weighted by Gasteiger charge is -2.12. The molecule has 3 rings (SSSR count). The highest BCUT2D eigenvalue weighted by Crippen LogP contribution is 2.25. The van der Waals surface area contributed by atoms with Crippen molar-refractivity contribution in [3.8, 4) is 0 Å². The Kier molecular flexibility index (Phi) is 6.39. The molecular weight excluding hydrogens is 348 g/mol. The second-order valence-electron chi connectivity index (χ2n) is 7.51. The summed E-state index contributed by atoms with van der Waals surface area (Å²) in [6, 6.07) is 20.3. The number of rotatable bonds is 6. The maximum absolute atomic E-state index is 6.48. The molecule has 0 atom stereocenters. The Bertz CT molecular complexity index is 896. The molecule has 0 nitrogen and oxygen atoms in total. The van der Waals surface area contributed by atoms with Gasteiger partial charge in [0.2, 0.25) is 0 Å². The SMILES string of the molecule is CCc1ccc(Cc2ccc(Cc3cc(C)c(CC)c(Cl)c3)c(C)c2)cc1. The molecule has 0 fully saturated rings. The predicted octanol–water partition coefficient (Wildman–Crippen LogP) is 7.26. The van der Waals surface area contributed by atoms with E-state index < -0.39 is 0 Å². The van der Waals surface area contributed by atoms with Gasteiger partial charge in [0, 0.05) is 5.02 Å². The Morgan fingerprint density at radius 1 is 0.630 bits per heavy atom. The van der Waals surface area contributed by atoms with E-state index in [2.05, 4.69) is 82.3 Å². The number of hydrogen-bond acceptors (Lipinski definition) is 0. The molecular formula is C26H29Cl. The average molecular weight is 377 g/mol. The van der Waals surface area contributed by atoms with Crippen LogP contribution in [0.25, 0.3) is 0 Å². The highest BCUT2D eigenvalue weighted by molar-refractivity contribution is 6.31. The summed E-state index contributed by atoms with van der Waals surface area (Å²) in [7, 11) is 0. The van der Waals surface area contributed by atoms with E-state index in [4.69, 9.17) is 11.6 Å². The normalized spacial score (nSPS) is 11.0. The minimum Gasteiger partial charge on any atom is -0.0840 e. The first-order valence-electron chi connectivity index (χ1n) is 9.94. The smallest absolute Gasteiger partial charge is 0.0443 e. The predicted molar refractivity (Wildman–Crippen MR) is 118 cm³/mol. The second-order valence-corrected chi connectivity index (χ2v) is 7.92. The topological polar surface area (TPSA) is 0 Å². The number of hydrogen-bond donors (Lipinski definition) is 0. The van der Waals surface area contributed by atoms with Gasteiger partial charge in [0.25, 0.3) is 0 Å². The van der Waals surface area contributed by atoms with E-state index in [1.807, 2.05) is 0 Å². The van der Waals surface area contributed by atoms with Crippen LogP contribution in [0.4, 0.5) is 0 Å². The van der Waals surface area contributed by atoms with Gasteiger partial charge in [-0.3, -0.25) is 0 Å². The lowest BCUT2D eigenvalue weighted by molar-refractivity contribution is 1.08. The van der Waals surface area contributed by atoms with Crippen LogP contribution in [0.5, 0.6) is 0 Å². The molecule has 0 saturated heterocycles. The maximum Gasteiger partial charge on any atom is 0.0443 e. The summed E-state index contributed by atoms with van der Waals surface area (Å²) < 4.78 is 0. The molecule has 3 aromatic carbocycles. The summed E-state index contributed by atoms with van der Waals surface area (Å²) in [6.07, 6.45) is 4.00. The Labute approximate surface area is 169 Å². The largest absolute Gasteiger partial charge is 0.0840 e. The van der Waals surface area contributed by atoms with Crippen molar-refractivity contribution in [3.63, 3.8) is 0 Å². The number of benzene rings is 3. The van der Waals surface area contributed by atoms with Crippen LogP contribution in [0, 0.1) is 13.8 Å². The van der Waals surface area contributed by atoms with Crippen molar-refractivity contribution in [1.29, 1.82) is 0 Å². The molecule has 0 amide bonds. The summed E-state index contributed by atoms with van der Waals surface area (Å²) in [4.78, 5) is 0. The fourth-order valence-corrected chi connectivity index (χ4v) is 4.23. The van der Waals surface area contributed by atoms with Crippen LogP contribution in [-0.4, -0.2) is 0 Å². The van der Waals surface area contributed by atoms with Crippen LogP contribution in [-0.2, 0) is 25.7 Å². The van der Waals surface area contributed by atoms with Crippen molar-refractivity contribution in [2.45, 2.75) is 53.4 Å². The monoisotopic (exact) mass is 376 g/mol. The van der Waals surface area contributed by atoms with E-state index in [1.165, 1.54) is 44.5 Å². The first-order chi connectivity index (χ1) is 13.0. The van der Waals surface area contributed by atoms with Gasteiger partial charge in [-0.05, 0) is 90.1 Å². The first kappa shape index (κ1) is 19.7. The Balaban J connectivity index is 1.76. The maximum atomic E-state index is 6.48. The van der Waals surface area contributed by atoms with Crippen LogP contribution < -0.4 is 0 Å². The van der Waals surface area contributed by atoms with Crippen LogP contribution in [0.3, 0.4) is 0 Å². The fourth-order valence-electron chi connectivity index (χ4n) is 3.81. The third kappa shape index (κ3) is 4.82. The molecule has 0 unspecified atom stereocenters. The van der Waals surface area contributed by atoms with Crippen molar-refractivity contribution in [1.82, 2.24) is 0 Å². The lowest BCUT2D eigenvalue weighted by atomic mass is 9.94. The van der Waals surface area contributed by atoms with Crippen molar-refractivity contribution in [2.75, 3.05) is 0 Å². The van der Waals surface area contributed by atoms with E-state index in [1.54, 1.807) is 0 Å². The Morgan fingerprint density at radius 3 is 1.85 bits per heavy atom.